The molecule has 0 spiro atoms. The summed E-state index contributed by atoms with van der Waals surface area (Å²) in [5.41, 5.74) is 0.186. The Hall–Kier alpha value is -3.12. The third kappa shape index (κ3) is 5.63. The van der Waals surface area contributed by atoms with Gasteiger partial charge in [-0.2, -0.15) is 13.1 Å². The molecule has 0 N–H and O–H groups in total. The summed E-state index contributed by atoms with van der Waals surface area (Å²) in [7, 11) is -3.00. The van der Waals surface area contributed by atoms with Crippen LogP contribution in [-0.2, 0) is 14.8 Å². The van der Waals surface area contributed by atoms with Crippen LogP contribution in [0, 0.1) is 11.6 Å². The van der Waals surface area contributed by atoms with E-state index in [-0.39, 0.29) is 43.2 Å². The van der Waals surface area contributed by atoms with Gasteiger partial charge in [0.15, 0.2) is 11.5 Å². The molecular formula is C21H20F4N2O5S. The van der Waals surface area contributed by atoms with Gasteiger partial charge < -0.3 is 14.4 Å². The van der Waals surface area contributed by atoms with Gasteiger partial charge in [0.25, 0.3) is 0 Å². The van der Waals surface area contributed by atoms with Crippen LogP contribution in [0.5, 0.6) is 11.5 Å². The van der Waals surface area contributed by atoms with Crippen LogP contribution in [0.15, 0.2) is 47.4 Å². The van der Waals surface area contributed by atoms with Crippen molar-refractivity contribution in [1.29, 1.82) is 0 Å². The number of carbonyl (C=O) groups excluding carboxylic acids is 1. The summed E-state index contributed by atoms with van der Waals surface area (Å²) in [6, 6.07) is 6.59. The molecule has 12 heteroatoms. The number of amides is 1. The van der Waals surface area contributed by atoms with Crippen molar-refractivity contribution in [2.75, 3.05) is 33.3 Å². The molecule has 0 unspecified atom stereocenters. The Kier molecular flexibility index (Phi) is 7.59. The Morgan fingerprint density at radius 1 is 1.09 bits per heavy atom. The normalized spacial score (nSPS) is 15.3. The van der Waals surface area contributed by atoms with E-state index in [1.54, 1.807) is 0 Å². The summed E-state index contributed by atoms with van der Waals surface area (Å²) in [5, 5.41) is 0. The van der Waals surface area contributed by atoms with Gasteiger partial charge in [0.05, 0.1) is 7.11 Å². The first-order valence-electron chi connectivity index (χ1n) is 9.67. The van der Waals surface area contributed by atoms with E-state index in [4.69, 9.17) is 4.74 Å². The molecule has 1 heterocycles. The largest absolute Gasteiger partial charge is 0.493 e. The standard InChI is InChI=1S/C21H20F4N2O5S/c1-31-17-4-2-3-14(20(17)32-21(24)25)5-8-19(28)26-9-11-27(12-10-26)33(29,30)18-13-15(22)6-7-16(18)23/h2-8,13,21H,9-12H2,1H3/b8-5+. The van der Waals surface area contributed by atoms with E-state index < -0.39 is 39.1 Å². The summed E-state index contributed by atoms with van der Waals surface area (Å²) >= 11 is 0. The Labute approximate surface area is 187 Å². The van der Waals surface area contributed by atoms with Gasteiger partial charge in [-0.3, -0.25) is 4.79 Å². The second-order valence-corrected chi connectivity index (χ2v) is 8.80. The lowest BCUT2D eigenvalue weighted by Gasteiger charge is -2.33. The number of benzene rings is 2. The second kappa shape index (κ2) is 10.2. The molecule has 7 nitrogen and oxygen atoms in total. The number of sulfonamides is 1. The van der Waals surface area contributed by atoms with Gasteiger partial charge in [-0.1, -0.05) is 12.1 Å². The highest BCUT2D eigenvalue weighted by molar-refractivity contribution is 7.89. The fourth-order valence-corrected chi connectivity index (χ4v) is 4.77. The van der Waals surface area contributed by atoms with Gasteiger partial charge >= 0.3 is 6.61 Å². The highest BCUT2D eigenvalue weighted by Gasteiger charge is 2.32. The molecule has 0 radical (unpaired) electrons. The fourth-order valence-electron chi connectivity index (χ4n) is 3.27. The lowest BCUT2D eigenvalue weighted by molar-refractivity contribution is -0.127. The van der Waals surface area contributed by atoms with E-state index in [2.05, 4.69) is 4.74 Å². The predicted octanol–water partition coefficient (Wildman–Crippen LogP) is 3.12. The van der Waals surface area contributed by atoms with E-state index in [0.717, 1.165) is 22.5 Å². The number of carbonyl (C=O) groups is 1. The van der Waals surface area contributed by atoms with Crippen LogP contribution in [0.2, 0.25) is 0 Å². The van der Waals surface area contributed by atoms with Gasteiger partial charge in [-0.25, -0.2) is 17.2 Å². The number of hydrogen-bond acceptors (Lipinski definition) is 5. The van der Waals surface area contributed by atoms with Crippen molar-refractivity contribution in [2.24, 2.45) is 0 Å². The molecule has 2 aromatic rings. The number of alkyl halides is 2. The maximum absolute atomic E-state index is 13.9. The maximum Gasteiger partial charge on any atom is 0.387 e. The van der Waals surface area contributed by atoms with Gasteiger partial charge in [-0.05, 0) is 30.3 Å². The summed E-state index contributed by atoms with van der Waals surface area (Å²) < 4.78 is 88.6. The first-order chi connectivity index (χ1) is 15.6. The predicted molar refractivity (Wildman–Crippen MR) is 110 cm³/mol. The molecule has 0 atom stereocenters. The molecule has 0 aromatic heterocycles. The number of nitrogens with zero attached hydrogens (tertiary/aromatic N) is 2. The molecule has 178 valence electrons. The lowest BCUT2D eigenvalue weighted by atomic mass is 10.1. The topological polar surface area (TPSA) is 76.2 Å². The number of para-hydroxylation sites is 1. The summed E-state index contributed by atoms with van der Waals surface area (Å²) in [6.45, 7) is -3.36. The van der Waals surface area contributed by atoms with Crippen molar-refractivity contribution in [3.8, 4) is 11.5 Å². The molecule has 33 heavy (non-hydrogen) atoms. The molecule has 0 saturated carbocycles. The summed E-state index contributed by atoms with van der Waals surface area (Å²) in [4.78, 5) is 13.1. The van der Waals surface area contributed by atoms with Crippen molar-refractivity contribution in [3.63, 3.8) is 0 Å². The monoisotopic (exact) mass is 488 g/mol. The fraction of sp³-hybridized carbons (Fsp3) is 0.286. The molecule has 1 amide bonds. The van der Waals surface area contributed by atoms with Gasteiger partial charge in [0.1, 0.15) is 16.5 Å². The number of rotatable bonds is 7. The quantitative estimate of drug-likeness (QED) is 0.442. The van der Waals surface area contributed by atoms with E-state index >= 15 is 0 Å². The van der Waals surface area contributed by atoms with Gasteiger partial charge in [-0.15, -0.1) is 0 Å². The summed E-state index contributed by atoms with van der Waals surface area (Å²) in [6.07, 6.45) is 2.43. The van der Waals surface area contributed by atoms with Crippen LogP contribution < -0.4 is 9.47 Å². The van der Waals surface area contributed by atoms with Crippen molar-refractivity contribution in [2.45, 2.75) is 11.5 Å². The Morgan fingerprint density at radius 2 is 1.79 bits per heavy atom. The second-order valence-electron chi connectivity index (χ2n) is 6.89. The van der Waals surface area contributed by atoms with E-state index in [9.17, 15) is 30.8 Å². The lowest BCUT2D eigenvalue weighted by Crippen LogP contribution is -2.50. The Bertz CT molecular complexity index is 1150. The molecule has 2 aromatic carbocycles. The van der Waals surface area contributed by atoms with Crippen LogP contribution in [0.4, 0.5) is 17.6 Å². The Balaban J connectivity index is 1.69. The van der Waals surface area contributed by atoms with Crippen LogP contribution in [0.25, 0.3) is 6.08 Å². The van der Waals surface area contributed by atoms with Gasteiger partial charge in [0, 0.05) is 37.8 Å². The van der Waals surface area contributed by atoms with Crippen LogP contribution >= 0.6 is 0 Å². The third-order valence-electron chi connectivity index (χ3n) is 4.90. The minimum absolute atomic E-state index is 0.00214. The van der Waals surface area contributed by atoms with E-state index in [1.807, 2.05) is 0 Å². The number of ether oxygens (including phenoxy) is 2. The first kappa shape index (κ1) is 24.5. The molecule has 0 bridgehead atoms. The van der Waals surface area contributed by atoms with E-state index in [1.165, 1.54) is 36.3 Å². The van der Waals surface area contributed by atoms with Crippen LogP contribution in [-0.4, -0.2) is 63.4 Å². The zero-order chi connectivity index (χ0) is 24.2. The van der Waals surface area contributed by atoms with Crippen LogP contribution in [0.1, 0.15) is 5.56 Å². The van der Waals surface area contributed by atoms with Crippen molar-refractivity contribution in [1.82, 2.24) is 9.21 Å². The highest BCUT2D eigenvalue weighted by atomic mass is 32.2. The number of hydrogen-bond donors (Lipinski definition) is 0. The van der Waals surface area contributed by atoms with Crippen molar-refractivity contribution >= 4 is 22.0 Å². The zero-order valence-electron chi connectivity index (χ0n) is 17.4. The molecule has 0 aliphatic carbocycles. The first-order valence-corrected chi connectivity index (χ1v) is 11.1. The maximum atomic E-state index is 13.9. The van der Waals surface area contributed by atoms with Gasteiger partial charge in [0.2, 0.25) is 15.9 Å². The number of methoxy groups -OCH3 is 1. The third-order valence-corrected chi connectivity index (χ3v) is 6.82. The summed E-state index contributed by atoms with van der Waals surface area (Å²) in [5.74, 6) is -2.62. The SMILES string of the molecule is COc1cccc(/C=C/C(=O)N2CCN(S(=O)(=O)c3cc(F)ccc3F)CC2)c1OC(F)F. The smallest absolute Gasteiger partial charge is 0.387 e. The number of piperazine rings is 1. The van der Waals surface area contributed by atoms with E-state index in [0.29, 0.717) is 6.07 Å². The molecule has 1 aliphatic rings. The minimum atomic E-state index is -4.28. The number of halogens is 4. The van der Waals surface area contributed by atoms with Crippen LogP contribution in [0.3, 0.4) is 0 Å². The molecule has 1 aliphatic heterocycles. The average molecular weight is 488 g/mol. The Morgan fingerprint density at radius 3 is 2.42 bits per heavy atom. The average Bonchev–Trinajstić information content (AvgIpc) is 2.79. The highest BCUT2D eigenvalue weighted by Crippen LogP contribution is 2.33. The molecule has 1 fully saturated rings. The zero-order valence-corrected chi connectivity index (χ0v) is 18.2. The van der Waals surface area contributed by atoms with Crippen molar-refractivity contribution in [3.05, 3.63) is 59.7 Å². The molecular weight excluding hydrogens is 468 g/mol. The van der Waals surface area contributed by atoms with Crippen molar-refractivity contribution < 1.29 is 40.2 Å². The molecule has 3 rings (SSSR count). The minimum Gasteiger partial charge on any atom is -0.493 e. The molecule has 1 saturated heterocycles.